The smallest absolute Gasteiger partial charge is 0.161 e. The molecule has 0 bridgehead atoms. The first-order valence-electron chi connectivity index (χ1n) is 12.7. The molecule has 4 heteroatoms. The average Bonchev–Trinajstić information content (AvgIpc) is 3.51. The quantitative estimate of drug-likeness (QED) is 0.236. The lowest BCUT2D eigenvalue weighted by molar-refractivity contribution is 0.677. The zero-order chi connectivity index (χ0) is 25.2. The summed E-state index contributed by atoms with van der Waals surface area (Å²) in [6.07, 6.45) is 0. The molecule has 0 saturated carbocycles. The Labute approximate surface area is 222 Å². The molecule has 5 aromatic carbocycles. The second kappa shape index (κ2) is 8.17. The maximum atomic E-state index is 14.2. The number of fused-ring (bicyclic) bond motifs is 5. The molecule has 0 fully saturated rings. The fourth-order valence-electron chi connectivity index (χ4n) is 5.89. The molecule has 3 heterocycles. The van der Waals surface area contributed by atoms with Gasteiger partial charge in [0.25, 0.3) is 0 Å². The lowest BCUT2D eigenvalue weighted by Crippen LogP contribution is -2.16. The Bertz CT molecular complexity index is 2020. The van der Waals surface area contributed by atoms with Gasteiger partial charge in [-0.2, -0.15) is 0 Å². The van der Waals surface area contributed by atoms with Crippen LogP contribution in [-0.4, -0.2) is 12.7 Å². The van der Waals surface area contributed by atoms with Crippen LogP contribution in [0.15, 0.2) is 138 Å². The van der Waals surface area contributed by atoms with Crippen LogP contribution in [0.4, 0.5) is 0 Å². The SMILES string of the molecule is O=S1c2ccccc2-n2c(-c3ccccc3)c(-c3ccccc3)c3c4cc(-c5ccccc5)ccc4n1c32. The molecule has 38 heavy (non-hydrogen) atoms. The van der Waals surface area contributed by atoms with Crippen LogP contribution < -0.4 is 0 Å². The van der Waals surface area contributed by atoms with Gasteiger partial charge in [0.15, 0.2) is 11.0 Å². The van der Waals surface area contributed by atoms with Crippen molar-refractivity contribution in [3.63, 3.8) is 0 Å². The van der Waals surface area contributed by atoms with Gasteiger partial charge < -0.3 is 0 Å². The summed E-state index contributed by atoms with van der Waals surface area (Å²) in [5.74, 6) is 0. The lowest BCUT2D eigenvalue weighted by Gasteiger charge is -2.22. The second-order valence-electron chi connectivity index (χ2n) is 9.60. The third-order valence-electron chi connectivity index (χ3n) is 7.50. The molecule has 2 aromatic heterocycles. The Hall–Kier alpha value is -4.67. The highest BCUT2D eigenvalue weighted by molar-refractivity contribution is 7.84. The molecule has 0 aliphatic carbocycles. The van der Waals surface area contributed by atoms with Gasteiger partial charge >= 0.3 is 0 Å². The van der Waals surface area contributed by atoms with Gasteiger partial charge in [0.05, 0.1) is 21.8 Å². The van der Waals surface area contributed by atoms with Crippen LogP contribution in [0.3, 0.4) is 0 Å². The zero-order valence-corrected chi connectivity index (χ0v) is 21.2. The molecular formula is C34H22N2OS. The summed E-state index contributed by atoms with van der Waals surface area (Å²) >= 11 is 0. The van der Waals surface area contributed by atoms with Crippen LogP contribution in [0.2, 0.25) is 0 Å². The third kappa shape index (κ3) is 2.92. The van der Waals surface area contributed by atoms with Gasteiger partial charge in [-0.1, -0.05) is 109 Å². The molecule has 1 aliphatic rings. The Morgan fingerprint density at radius 3 is 1.87 bits per heavy atom. The monoisotopic (exact) mass is 506 g/mol. The van der Waals surface area contributed by atoms with Crippen LogP contribution in [0.25, 0.3) is 61.1 Å². The lowest BCUT2D eigenvalue weighted by atomic mass is 9.96. The molecule has 0 N–H and O–H groups in total. The molecule has 7 aromatic rings. The van der Waals surface area contributed by atoms with Crippen molar-refractivity contribution in [3.05, 3.63) is 133 Å². The predicted molar refractivity (Wildman–Crippen MR) is 157 cm³/mol. The number of rotatable bonds is 3. The van der Waals surface area contributed by atoms with E-state index in [-0.39, 0.29) is 0 Å². The fourth-order valence-corrected chi connectivity index (χ4v) is 7.29. The Kier molecular flexibility index (Phi) is 4.60. The molecule has 1 unspecified atom stereocenters. The van der Waals surface area contributed by atoms with E-state index in [0.29, 0.717) is 0 Å². The minimum absolute atomic E-state index is 0.818. The number of nitrogens with zero attached hydrogens (tertiary/aromatic N) is 2. The summed E-state index contributed by atoms with van der Waals surface area (Å²) in [6.45, 7) is 0. The van der Waals surface area contributed by atoms with E-state index in [0.717, 1.165) is 60.5 Å². The Morgan fingerprint density at radius 1 is 0.553 bits per heavy atom. The van der Waals surface area contributed by atoms with Crippen LogP contribution in [0.1, 0.15) is 0 Å². The zero-order valence-electron chi connectivity index (χ0n) is 20.4. The number of hydrogen-bond donors (Lipinski definition) is 0. The molecule has 8 rings (SSSR count). The van der Waals surface area contributed by atoms with E-state index in [1.807, 2.05) is 28.2 Å². The maximum Gasteiger partial charge on any atom is 0.161 e. The first-order chi connectivity index (χ1) is 18.8. The third-order valence-corrected chi connectivity index (χ3v) is 8.92. The van der Waals surface area contributed by atoms with Crippen LogP contribution in [0.5, 0.6) is 0 Å². The summed E-state index contributed by atoms with van der Waals surface area (Å²) in [6, 6.07) is 46.2. The standard InChI is InChI=1S/C34H22N2OS/c37-38-30-19-11-10-18-29(30)35-33(25-16-8-3-9-17-25)31(24-14-6-2-7-15-24)32-27-22-26(23-12-4-1-5-13-23)20-21-28(27)36(38)34(32)35/h1-22H. The molecule has 0 spiro atoms. The van der Waals surface area contributed by atoms with Crippen molar-refractivity contribution in [1.29, 1.82) is 0 Å². The maximum absolute atomic E-state index is 14.2. The van der Waals surface area contributed by atoms with Gasteiger partial charge in [0.2, 0.25) is 0 Å². The van der Waals surface area contributed by atoms with Gasteiger partial charge in [-0.3, -0.25) is 4.57 Å². The normalized spacial score (nSPS) is 14.2. The van der Waals surface area contributed by atoms with Gasteiger partial charge in [-0.05, 0) is 46.5 Å². The first kappa shape index (κ1) is 21.4. The van der Waals surface area contributed by atoms with Crippen molar-refractivity contribution in [2.24, 2.45) is 0 Å². The largest absolute Gasteiger partial charge is 0.293 e. The topological polar surface area (TPSA) is 26.9 Å². The van der Waals surface area contributed by atoms with Crippen LogP contribution >= 0.6 is 0 Å². The summed E-state index contributed by atoms with van der Waals surface area (Å²) in [7, 11) is -1.37. The summed E-state index contributed by atoms with van der Waals surface area (Å²) < 4.78 is 18.5. The second-order valence-corrected chi connectivity index (χ2v) is 10.9. The van der Waals surface area contributed by atoms with Crippen molar-refractivity contribution in [1.82, 2.24) is 8.54 Å². The van der Waals surface area contributed by atoms with Gasteiger partial charge in [-0.25, -0.2) is 8.18 Å². The van der Waals surface area contributed by atoms with Crippen molar-refractivity contribution in [2.75, 3.05) is 0 Å². The van der Waals surface area contributed by atoms with E-state index in [4.69, 9.17) is 0 Å². The van der Waals surface area contributed by atoms with Gasteiger partial charge in [-0.15, -0.1) is 0 Å². The molecule has 0 saturated heterocycles. The van der Waals surface area contributed by atoms with Crippen LogP contribution in [0, 0.1) is 0 Å². The van der Waals surface area contributed by atoms with Crippen molar-refractivity contribution >= 4 is 32.9 Å². The Balaban J connectivity index is 1.62. The molecule has 1 aliphatic heterocycles. The molecule has 3 nitrogen and oxygen atoms in total. The van der Waals surface area contributed by atoms with E-state index in [2.05, 4.69) is 114 Å². The number of para-hydroxylation sites is 1. The van der Waals surface area contributed by atoms with E-state index < -0.39 is 11.0 Å². The van der Waals surface area contributed by atoms with E-state index in [1.165, 1.54) is 5.56 Å². The molecule has 0 amide bonds. The fraction of sp³-hybridized carbons (Fsp3) is 0. The Morgan fingerprint density at radius 2 is 1.16 bits per heavy atom. The highest BCUT2D eigenvalue weighted by Crippen LogP contribution is 2.50. The van der Waals surface area contributed by atoms with Gasteiger partial charge in [0.1, 0.15) is 5.65 Å². The van der Waals surface area contributed by atoms with E-state index in [1.54, 1.807) is 0 Å². The number of benzene rings is 5. The van der Waals surface area contributed by atoms with Crippen molar-refractivity contribution in [3.8, 4) is 39.2 Å². The minimum Gasteiger partial charge on any atom is -0.293 e. The molecule has 1 atom stereocenters. The minimum atomic E-state index is -1.37. The molecule has 0 radical (unpaired) electrons. The number of hydrogen-bond acceptors (Lipinski definition) is 1. The van der Waals surface area contributed by atoms with Crippen molar-refractivity contribution in [2.45, 2.75) is 4.90 Å². The molecule has 180 valence electrons. The van der Waals surface area contributed by atoms with Crippen molar-refractivity contribution < 1.29 is 4.21 Å². The first-order valence-corrected chi connectivity index (χ1v) is 13.8. The van der Waals surface area contributed by atoms with Gasteiger partial charge in [0, 0.05) is 16.3 Å². The molecular weight excluding hydrogens is 484 g/mol. The predicted octanol–water partition coefficient (Wildman–Crippen LogP) is 8.47. The van der Waals surface area contributed by atoms with Crippen LogP contribution in [-0.2, 0) is 11.0 Å². The average molecular weight is 507 g/mol. The highest BCUT2D eigenvalue weighted by atomic mass is 32.2. The summed E-state index contributed by atoms with van der Waals surface area (Å²) in [4.78, 5) is 0.818. The van der Waals surface area contributed by atoms with E-state index in [9.17, 15) is 4.21 Å². The summed E-state index contributed by atoms with van der Waals surface area (Å²) in [5.41, 5.74) is 9.78. The summed E-state index contributed by atoms with van der Waals surface area (Å²) in [5, 5.41) is 2.24. The highest BCUT2D eigenvalue weighted by Gasteiger charge is 2.33. The van der Waals surface area contributed by atoms with E-state index >= 15 is 0 Å². The number of aromatic nitrogens is 2.